The summed E-state index contributed by atoms with van der Waals surface area (Å²) in [7, 11) is 1.48. The molecule has 0 radical (unpaired) electrons. The molecular formula is C13H15NO5. The van der Waals surface area contributed by atoms with Crippen LogP contribution >= 0.6 is 0 Å². The number of carboxylic acid groups (broad SMARTS) is 2. The minimum absolute atomic E-state index is 0.0292. The number of carboxylic acids is 2. The molecule has 1 heterocycles. The highest BCUT2D eigenvalue weighted by molar-refractivity contribution is 6.00. The molecule has 19 heavy (non-hydrogen) atoms. The number of pyridine rings is 1. The van der Waals surface area contributed by atoms with Crippen molar-refractivity contribution in [2.75, 3.05) is 7.11 Å². The van der Waals surface area contributed by atoms with E-state index in [2.05, 4.69) is 4.98 Å². The van der Waals surface area contributed by atoms with Gasteiger partial charge in [0, 0.05) is 24.1 Å². The number of aryl methyl sites for hydroxylation is 1. The Kier molecular flexibility index (Phi) is 2.96. The van der Waals surface area contributed by atoms with Crippen molar-refractivity contribution in [3.63, 3.8) is 0 Å². The second-order valence-electron chi connectivity index (χ2n) is 4.83. The Morgan fingerprint density at radius 2 is 1.68 bits per heavy atom. The largest absolute Gasteiger partial charge is 0.481 e. The SMILES string of the molecule is COc1nc(C)c2c(c1C)CC(C(=O)O)(C(=O)O)C2. The van der Waals surface area contributed by atoms with Gasteiger partial charge in [-0.2, -0.15) is 0 Å². The van der Waals surface area contributed by atoms with Crippen molar-refractivity contribution in [3.8, 4) is 5.88 Å². The van der Waals surface area contributed by atoms with Crippen molar-refractivity contribution in [1.82, 2.24) is 4.98 Å². The molecule has 2 N–H and O–H groups in total. The third-order valence-electron chi connectivity index (χ3n) is 3.81. The molecule has 0 atom stereocenters. The molecule has 102 valence electrons. The van der Waals surface area contributed by atoms with E-state index in [0.717, 1.165) is 5.56 Å². The smallest absolute Gasteiger partial charge is 0.321 e. The Morgan fingerprint density at radius 3 is 2.16 bits per heavy atom. The first-order chi connectivity index (χ1) is 8.83. The zero-order chi connectivity index (χ0) is 14.4. The fraction of sp³-hybridized carbons (Fsp3) is 0.462. The highest BCUT2D eigenvalue weighted by Gasteiger charge is 2.52. The van der Waals surface area contributed by atoms with Crippen molar-refractivity contribution >= 4 is 11.9 Å². The quantitative estimate of drug-likeness (QED) is 0.790. The summed E-state index contributed by atoms with van der Waals surface area (Å²) in [6.07, 6.45) is -0.0603. The van der Waals surface area contributed by atoms with Gasteiger partial charge >= 0.3 is 11.9 Å². The average molecular weight is 265 g/mol. The standard InChI is InChI=1S/C13H15NO5/c1-6-8-4-13(11(15)16,12(17)18)5-9(8)7(2)14-10(6)19-3/h4-5H2,1-3H3,(H,15,16)(H,17,18). The van der Waals surface area contributed by atoms with Crippen LogP contribution in [-0.4, -0.2) is 34.2 Å². The minimum atomic E-state index is -1.79. The van der Waals surface area contributed by atoms with E-state index in [1.807, 2.05) is 0 Å². The molecule has 0 aliphatic heterocycles. The van der Waals surface area contributed by atoms with Gasteiger partial charge in [-0.05, 0) is 25.0 Å². The van der Waals surface area contributed by atoms with Gasteiger partial charge in [0.05, 0.1) is 7.11 Å². The van der Waals surface area contributed by atoms with Crippen molar-refractivity contribution in [1.29, 1.82) is 0 Å². The Morgan fingerprint density at radius 1 is 1.16 bits per heavy atom. The molecule has 6 nitrogen and oxygen atoms in total. The van der Waals surface area contributed by atoms with Crippen molar-refractivity contribution < 1.29 is 24.5 Å². The lowest BCUT2D eigenvalue weighted by Gasteiger charge is -2.17. The number of ether oxygens (including phenoxy) is 1. The molecule has 1 aliphatic carbocycles. The first-order valence-corrected chi connectivity index (χ1v) is 5.83. The molecule has 0 aromatic carbocycles. The summed E-state index contributed by atoms with van der Waals surface area (Å²) in [5.41, 5.74) is 0.998. The molecule has 1 aromatic rings. The summed E-state index contributed by atoms with van der Waals surface area (Å²) < 4.78 is 5.13. The number of rotatable bonds is 3. The van der Waals surface area contributed by atoms with E-state index in [4.69, 9.17) is 4.74 Å². The normalized spacial score (nSPS) is 15.9. The molecule has 0 bridgehead atoms. The third kappa shape index (κ3) is 1.75. The summed E-state index contributed by atoms with van der Waals surface area (Å²) in [6.45, 7) is 3.50. The van der Waals surface area contributed by atoms with Gasteiger partial charge in [-0.25, -0.2) is 4.98 Å². The van der Waals surface area contributed by atoms with Crippen LogP contribution in [0.25, 0.3) is 0 Å². The van der Waals surface area contributed by atoms with Crippen LogP contribution in [0.4, 0.5) is 0 Å². The molecule has 0 spiro atoms. The fourth-order valence-corrected chi connectivity index (χ4v) is 2.61. The summed E-state index contributed by atoms with van der Waals surface area (Å²) in [5.74, 6) is -2.20. The van der Waals surface area contributed by atoms with Crippen LogP contribution in [0.15, 0.2) is 0 Å². The summed E-state index contributed by atoms with van der Waals surface area (Å²) in [4.78, 5) is 27.0. The molecule has 2 rings (SSSR count). The Labute approximate surface area is 110 Å². The molecule has 1 aromatic heterocycles. The number of aromatic nitrogens is 1. The number of aliphatic carboxylic acids is 2. The van der Waals surface area contributed by atoms with Crippen molar-refractivity contribution in [3.05, 3.63) is 22.4 Å². The summed E-state index contributed by atoms with van der Waals surface area (Å²) in [6, 6.07) is 0. The lowest BCUT2D eigenvalue weighted by atomic mass is 9.84. The summed E-state index contributed by atoms with van der Waals surface area (Å²) >= 11 is 0. The molecule has 0 fully saturated rings. The Bertz CT molecular complexity index is 565. The van der Waals surface area contributed by atoms with Gasteiger partial charge in [0.25, 0.3) is 0 Å². The van der Waals surface area contributed by atoms with Crippen LogP contribution in [0.3, 0.4) is 0 Å². The zero-order valence-corrected chi connectivity index (χ0v) is 11.0. The molecule has 0 saturated heterocycles. The van der Waals surface area contributed by atoms with Crippen molar-refractivity contribution in [2.24, 2.45) is 5.41 Å². The molecule has 0 amide bonds. The van der Waals surface area contributed by atoms with E-state index in [-0.39, 0.29) is 12.8 Å². The predicted molar refractivity (Wildman–Crippen MR) is 65.4 cm³/mol. The number of nitrogens with zero attached hydrogens (tertiary/aromatic N) is 1. The number of hydrogen-bond donors (Lipinski definition) is 2. The van der Waals surface area contributed by atoms with E-state index < -0.39 is 17.4 Å². The van der Waals surface area contributed by atoms with E-state index in [9.17, 15) is 19.8 Å². The summed E-state index contributed by atoms with van der Waals surface area (Å²) in [5, 5.41) is 18.6. The molecule has 1 aliphatic rings. The number of methoxy groups -OCH3 is 1. The van der Waals surface area contributed by atoms with Crippen LogP contribution in [0.2, 0.25) is 0 Å². The maximum Gasteiger partial charge on any atom is 0.321 e. The monoisotopic (exact) mass is 265 g/mol. The zero-order valence-electron chi connectivity index (χ0n) is 11.0. The second-order valence-corrected chi connectivity index (χ2v) is 4.83. The molecule has 6 heteroatoms. The third-order valence-corrected chi connectivity index (χ3v) is 3.81. The van der Waals surface area contributed by atoms with Gasteiger partial charge in [-0.15, -0.1) is 0 Å². The lowest BCUT2D eigenvalue weighted by molar-refractivity contribution is -0.163. The Hall–Kier alpha value is -2.11. The fourth-order valence-electron chi connectivity index (χ4n) is 2.61. The molecule has 0 unspecified atom stereocenters. The first-order valence-electron chi connectivity index (χ1n) is 5.83. The molecule has 0 saturated carbocycles. The van der Waals surface area contributed by atoms with Gasteiger partial charge < -0.3 is 14.9 Å². The van der Waals surface area contributed by atoms with E-state index in [1.54, 1.807) is 13.8 Å². The topological polar surface area (TPSA) is 96.7 Å². The van der Waals surface area contributed by atoms with Gasteiger partial charge in [0.15, 0.2) is 5.41 Å². The average Bonchev–Trinajstić information content (AvgIpc) is 2.76. The van der Waals surface area contributed by atoms with Crippen LogP contribution in [0, 0.1) is 19.3 Å². The van der Waals surface area contributed by atoms with Gasteiger partial charge in [0.1, 0.15) is 0 Å². The maximum absolute atomic E-state index is 11.4. The van der Waals surface area contributed by atoms with E-state index in [1.165, 1.54) is 7.11 Å². The number of fused-ring (bicyclic) bond motifs is 1. The first kappa shape index (κ1) is 13.3. The van der Waals surface area contributed by atoms with Crippen LogP contribution < -0.4 is 4.74 Å². The van der Waals surface area contributed by atoms with Crippen molar-refractivity contribution in [2.45, 2.75) is 26.7 Å². The maximum atomic E-state index is 11.4. The van der Waals surface area contributed by atoms with Crippen LogP contribution in [0.1, 0.15) is 22.4 Å². The van der Waals surface area contributed by atoms with Crippen LogP contribution in [-0.2, 0) is 22.4 Å². The number of hydrogen-bond acceptors (Lipinski definition) is 4. The minimum Gasteiger partial charge on any atom is -0.481 e. The number of carbonyl (C=O) groups is 2. The highest BCUT2D eigenvalue weighted by atomic mass is 16.5. The van der Waals surface area contributed by atoms with Gasteiger partial charge in [-0.3, -0.25) is 9.59 Å². The lowest BCUT2D eigenvalue weighted by Crippen LogP contribution is -2.40. The second kappa shape index (κ2) is 4.22. The highest BCUT2D eigenvalue weighted by Crippen LogP contribution is 2.42. The van der Waals surface area contributed by atoms with Gasteiger partial charge in [-0.1, -0.05) is 0 Å². The predicted octanol–water partition coefficient (Wildman–Crippen LogP) is 0.961. The van der Waals surface area contributed by atoms with Gasteiger partial charge in [0.2, 0.25) is 5.88 Å². The molecular weight excluding hydrogens is 250 g/mol. The van der Waals surface area contributed by atoms with E-state index in [0.29, 0.717) is 22.7 Å². The van der Waals surface area contributed by atoms with Crippen LogP contribution in [0.5, 0.6) is 5.88 Å². The van der Waals surface area contributed by atoms with E-state index >= 15 is 0 Å². The Balaban J connectivity index is 2.61.